The van der Waals surface area contributed by atoms with E-state index in [9.17, 15) is 4.79 Å². The topological polar surface area (TPSA) is 93.8 Å². The molecule has 0 aliphatic rings. The molecule has 1 heterocycles. The van der Waals surface area contributed by atoms with Gasteiger partial charge in [0.2, 0.25) is 5.88 Å². The molecule has 1 aromatic carbocycles. The molecule has 2 N–H and O–H groups in total. The van der Waals surface area contributed by atoms with E-state index < -0.39 is 5.97 Å². The summed E-state index contributed by atoms with van der Waals surface area (Å²) in [5.41, 5.74) is 0.862. The van der Waals surface area contributed by atoms with Gasteiger partial charge in [-0.15, -0.1) is 0 Å². The van der Waals surface area contributed by atoms with E-state index >= 15 is 0 Å². The molecule has 0 bridgehead atoms. The molecule has 7 nitrogen and oxygen atoms in total. The summed E-state index contributed by atoms with van der Waals surface area (Å²) in [5, 5.41) is 15.6. The summed E-state index contributed by atoms with van der Waals surface area (Å²) < 4.78 is 15.3. The number of aryl methyl sites for hydroxylation is 1. The highest BCUT2D eigenvalue weighted by atomic mass is 16.5. The Kier molecular flexibility index (Phi) is 3.79. The minimum Gasteiger partial charge on any atom is -0.497 e. The first-order valence-electron chi connectivity index (χ1n) is 5.74. The van der Waals surface area contributed by atoms with Crippen molar-refractivity contribution in [3.63, 3.8) is 0 Å². The Morgan fingerprint density at radius 2 is 1.85 bits per heavy atom. The second-order valence-electron chi connectivity index (χ2n) is 4.00. The van der Waals surface area contributed by atoms with E-state index in [1.54, 1.807) is 25.1 Å². The van der Waals surface area contributed by atoms with Gasteiger partial charge in [0.1, 0.15) is 17.1 Å². The van der Waals surface area contributed by atoms with Gasteiger partial charge < -0.3 is 24.4 Å². The third kappa shape index (κ3) is 2.66. The number of rotatable bonds is 5. The molecule has 106 valence electrons. The maximum Gasteiger partial charge on any atom is 0.343 e. The second kappa shape index (κ2) is 5.52. The van der Waals surface area contributed by atoms with Crippen LogP contribution in [0.4, 0.5) is 11.6 Å². The lowest BCUT2D eigenvalue weighted by atomic mass is 10.2. The number of aromatic nitrogens is 1. The Morgan fingerprint density at radius 3 is 2.35 bits per heavy atom. The SMILES string of the molecule is COc1cc(Nc2onc(C)c2C(=O)O)cc(OC)c1. The normalized spacial score (nSPS) is 10.2. The molecule has 2 aromatic rings. The maximum absolute atomic E-state index is 11.2. The van der Waals surface area contributed by atoms with E-state index in [0.29, 0.717) is 22.9 Å². The fourth-order valence-corrected chi connectivity index (χ4v) is 1.72. The first-order chi connectivity index (χ1) is 9.55. The lowest BCUT2D eigenvalue weighted by Crippen LogP contribution is -2.02. The van der Waals surface area contributed by atoms with Crippen LogP contribution in [0, 0.1) is 6.92 Å². The van der Waals surface area contributed by atoms with Crippen molar-refractivity contribution in [1.82, 2.24) is 5.16 Å². The second-order valence-corrected chi connectivity index (χ2v) is 4.00. The van der Waals surface area contributed by atoms with E-state index in [4.69, 9.17) is 19.1 Å². The van der Waals surface area contributed by atoms with Gasteiger partial charge in [-0.3, -0.25) is 0 Å². The average molecular weight is 278 g/mol. The van der Waals surface area contributed by atoms with Crippen molar-refractivity contribution in [2.45, 2.75) is 6.92 Å². The molecule has 0 amide bonds. The number of carboxylic acids is 1. The smallest absolute Gasteiger partial charge is 0.343 e. The largest absolute Gasteiger partial charge is 0.497 e. The lowest BCUT2D eigenvalue weighted by Gasteiger charge is -2.09. The Morgan fingerprint density at radius 1 is 1.25 bits per heavy atom. The molecule has 7 heteroatoms. The molecule has 0 saturated carbocycles. The molecule has 0 unspecified atom stereocenters. The lowest BCUT2D eigenvalue weighted by molar-refractivity contribution is 0.0697. The summed E-state index contributed by atoms with van der Waals surface area (Å²) in [4.78, 5) is 11.2. The number of methoxy groups -OCH3 is 2. The average Bonchev–Trinajstić information content (AvgIpc) is 2.79. The maximum atomic E-state index is 11.2. The van der Waals surface area contributed by atoms with Crippen LogP contribution in [-0.2, 0) is 0 Å². The van der Waals surface area contributed by atoms with Gasteiger partial charge in [-0.25, -0.2) is 4.79 Å². The van der Waals surface area contributed by atoms with Gasteiger partial charge in [-0.1, -0.05) is 5.16 Å². The zero-order valence-electron chi connectivity index (χ0n) is 11.3. The molecule has 0 spiro atoms. The fraction of sp³-hybridized carbons (Fsp3) is 0.231. The predicted molar refractivity (Wildman–Crippen MR) is 71.0 cm³/mol. The van der Waals surface area contributed by atoms with Crippen LogP contribution in [-0.4, -0.2) is 30.5 Å². The number of anilines is 2. The first-order valence-corrected chi connectivity index (χ1v) is 5.74. The van der Waals surface area contributed by atoms with Gasteiger partial charge in [0.15, 0.2) is 0 Å². The fourth-order valence-electron chi connectivity index (χ4n) is 1.72. The summed E-state index contributed by atoms with van der Waals surface area (Å²) in [7, 11) is 3.06. The summed E-state index contributed by atoms with van der Waals surface area (Å²) in [6.07, 6.45) is 0. The Balaban J connectivity index is 2.37. The predicted octanol–water partition coefficient (Wildman–Crippen LogP) is 2.44. The van der Waals surface area contributed by atoms with Crippen LogP contribution < -0.4 is 14.8 Å². The van der Waals surface area contributed by atoms with E-state index in [1.807, 2.05) is 0 Å². The molecule has 2 rings (SSSR count). The number of hydrogen-bond donors (Lipinski definition) is 2. The van der Waals surface area contributed by atoms with Crippen LogP contribution in [0.15, 0.2) is 22.7 Å². The van der Waals surface area contributed by atoms with Crippen LogP contribution in [0.25, 0.3) is 0 Å². The summed E-state index contributed by atoms with van der Waals surface area (Å²) in [6, 6.07) is 5.08. The summed E-state index contributed by atoms with van der Waals surface area (Å²) in [6.45, 7) is 1.56. The third-order valence-corrected chi connectivity index (χ3v) is 2.69. The number of carbonyl (C=O) groups is 1. The standard InChI is InChI=1S/C13H14N2O5/c1-7-11(13(16)17)12(20-15-7)14-8-4-9(18-2)6-10(5-8)19-3/h4-6,14H,1-3H3,(H,16,17). The molecular formula is C13H14N2O5. The number of aromatic carboxylic acids is 1. The van der Waals surface area contributed by atoms with Crippen molar-refractivity contribution in [2.75, 3.05) is 19.5 Å². The van der Waals surface area contributed by atoms with Crippen molar-refractivity contribution in [3.05, 3.63) is 29.5 Å². The highest BCUT2D eigenvalue weighted by Crippen LogP contribution is 2.30. The monoisotopic (exact) mass is 278 g/mol. The molecule has 0 aliphatic heterocycles. The number of benzene rings is 1. The molecular weight excluding hydrogens is 264 g/mol. The molecule has 1 aromatic heterocycles. The van der Waals surface area contributed by atoms with E-state index in [1.165, 1.54) is 14.2 Å². The van der Waals surface area contributed by atoms with Crippen LogP contribution in [0.1, 0.15) is 16.1 Å². The Hall–Kier alpha value is -2.70. The third-order valence-electron chi connectivity index (χ3n) is 2.69. The molecule has 0 aliphatic carbocycles. The number of ether oxygens (including phenoxy) is 2. The number of nitrogens with one attached hydrogen (secondary N) is 1. The van der Waals surface area contributed by atoms with E-state index in [2.05, 4.69) is 10.5 Å². The molecule has 0 fully saturated rings. The highest BCUT2D eigenvalue weighted by Gasteiger charge is 2.20. The first kappa shape index (κ1) is 13.7. The van der Waals surface area contributed by atoms with E-state index in [0.717, 1.165) is 0 Å². The molecule has 0 radical (unpaired) electrons. The Labute approximate surface area is 115 Å². The van der Waals surface area contributed by atoms with Crippen molar-refractivity contribution in [1.29, 1.82) is 0 Å². The molecule has 20 heavy (non-hydrogen) atoms. The van der Waals surface area contributed by atoms with Crippen molar-refractivity contribution < 1.29 is 23.9 Å². The van der Waals surface area contributed by atoms with Crippen LogP contribution in [0.3, 0.4) is 0 Å². The van der Waals surface area contributed by atoms with Crippen molar-refractivity contribution >= 4 is 17.5 Å². The molecule has 0 saturated heterocycles. The highest BCUT2D eigenvalue weighted by molar-refractivity contribution is 5.94. The van der Waals surface area contributed by atoms with Gasteiger partial charge in [-0.05, 0) is 6.92 Å². The number of nitrogens with zero attached hydrogens (tertiary/aromatic N) is 1. The van der Waals surface area contributed by atoms with Crippen molar-refractivity contribution in [2.24, 2.45) is 0 Å². The minimum absolute atomic E-state index is 0.00760. The van der Waals surface area contributed by atoms with Gasteiger partial charge in [0.05, 0.1) is 19.9 Å². The van der Waals surface area contributed by atoms with Crippen molar-refractivity contribution in [3.8, 4) is 11.5 Å². The number of carboxylic acid groups (broad SMARTS) is 1. The van der Waals surface area contributed by atoms with Gasteiger partial charge in [0, 0.05) is 23.9 Å². The quantitative estimate of drug-likeness (QED) is 0.867. The van der Waals surface area contributed by atoms with Crippen LogP contribution >= 0.6 is 0 Å². The van der Waals surface area contributed by atoms with E-state index in [-0.39, 0.29) is 11.4 Å². The zero-order valence-corrected chi connectivity index (χ0v) is 11.3. The zero-order chi connectivity index (χ0) is 14.7. The summed E-state index contributed by atoms with van der Waals surface area (Å²) in [5.74, 6) is 0.0892. The van der Waals surface area contributed by atoms with Gasteiger partial charge >= 0.3 is 5.97 Å². The van der Waals surface area contributed by atoms with Crippen LogP contribution in [0.2, 0.25) is 0 Å². The van der Waals surface area contributed by atoms with Gasteiger partial charge in [0.25, 0.3) is 0 Å². The summed E-state index contributed by atoms with van der Waals surface area (Å²) >= 11 is 0. The van der Waals surface area contributed by atoms with Crippen LogP contribution in [0.5, 0.6) is 11.5 Å². The Bertz CT molecular complexity index is 613. The number of hydrogen-bond acceptors (Lipinski definition) is 6. The molecule has 0 atom stereocenters. The minimum atomic E-state index is -1.11. The van der Waals surface area contributed by atoms with Gasteiger partial charge in [-0.2, -0.15) is 0 Å².